The van der Waals surface area contributed by atoms with Crippen molar-refractivity contribution in [2.45, 2.75) is 6.18 Å². The molecule has 3 nitrogen and oxygen atoms in total. The fraction of sp³-hybridized carbons (Fsp3) is 0.263. The summed E-state index contributed by atoms with van der Waals surface area (Å²) in [4.78, 5) is 2.08. The number of hydrogen-bond acceptors (Lipinski definition) is 2. The van der Waals surface area contributed by atoms with Crippen LogP contribution in [0.5, 0.6) is 0 Å². The maximum atomic E-state index is 13.2. The molecule has 2 aromatic carbocycles. The van der Waals surface area contributed by atoms with Crippen LogP contribution in [0.3, 0.4) is 0 Å². The van der Waals surface area contributed by atoms with Crippen molar-refractivity contribution in [3.8, 4) is 5.69 Å². The molecule has 1 aliphatic heterocycles. The topological polar surface area (TPSA) is 20.2 Å². The van der Waals surface area contributed by atoms with Crippen LogP contribution < -0.4 is 10.2 Å². The second-order valence-electron chi connectivity index (χ2n) is 6.33. The van der Waals surface area contributed by atoms with Gasteiger partial charge in [-0.15, -0.1) is 0 Å². The number of halogens is 4. The summed E-state index contributed by atoms with van der Waals surface area (Å²) in [5.41, 5.74) is 1.46. The predicted molar refractivity (Wildman–Crippen MR) is 93.3 cm³/mol. The summed E-state index contributed by atoms with van der Waals surface area (Å²) >= 11 is 0. The average Bonchev–Trinajstić information content (AvgIpc) is 3.01. The number of aromatic nitrogens is 1. The van der Waals surface area contributed by atoms with Gasteiger partial charge in [-0.25, -0.2) is 4.39 Å². The summed E-state index contributed by atoms with van der Waals surface area (Å²) in [6.45, 7) is 3.00. The van der Waals surface area contributed by atoms with E-state index in [1.165, 1.54) is 24.3 Å². The summed E-state index contributed by atoms with van der Waals surface area (Å²) < 4.78 is 54.6. The predicted octanol–water partition coefficient (Wildman–Crippen LogP) is 4.20. The van der Waals surface area contributed by atoms with Crippen LogP contribution in [0.2, 0.25) is 0 Å². The third-order valence-corrected chi connectivity index (χ3v) is 4.67. The fourth-order valence-corrected chi connectivity index (χ4v) is 3.36. The van der Waals surface area contributed by atoms with Crippen LogP contribution in [-0.2, 0) is 6.18 Å². The van der Waals surface area contributed by atoms with E-state index in [2.05, 4.69) is 10.2 Å². The number of nitrogens with one attached hydrogen (secondary N) is 1. The van der Waals surface area contributed by atoms with Gasteiger partial charge in [-0.1, -0.05) is 0 Å². The quantitative estimate of drug-likeness (QED) is 0.689. The molecule has 1 fully saturated rings. The number of nitrogens with zero attached hydrogens (tertiary/aromatic N) is 2. The number of fused-ring (bicyclic) bond motifs is 1. The first kappa shape index (κ1) is 16.9. The van der Waals surface area contributed by atoms with Gasteiger partial charge in [0, 0.05) is 43.4 Å². The van der Waals surface area contributed by atoms with E-state index in [0.29, 0.717) is 16.6 Å². The lowest BCUT2D eigenvalue weighted by Crippen LogP contribution is -2.43. The minimum atomic E-state index is -4.40. The van der Waals surface area contributed by atoms with Crippen molar-refractivity contribution in [1.82, 2.24) is 9.88 Å². The van der Waals surface area contributed by atoms with E-state index in [1.807, 2.05) is 10.8 Å². The van der Waals surface area contributed by atoms with Crippen molar-refractivity contribution < 1.29 is 17.6 Å². The largest absolute Gasteiger partial charge is 0.416 e. The third kappa shape index (κ3) is 3.03. The van der Waals surface area contributed by atoms with Gasteiger partial charge >= 0.3 is 6.18 Å². The van der Waals surface area contributed by atoms with Gasteiger partial charge < -0.3 is 14.8 Å². The van der Waals surface area contributed by atoms with Crippen LogP contribution >= 0.6 is 0 Å². The van der Waals surface area contributed by atoms with Crippen LogP contribution in [-0.4, -0.2) is 30.7 Å². The first-order valence-corrected chi connectivity index (χ1v) is 8.37. The normalized spacial score (nSPS) is 15.6. The van der Waals surface area contributed by atoms with Crippen molar-refractivity contribution in [3.63, 3.8) is 0 Å². The van der Waals surface area contributed by atoms with E-state index in [9.17, 15) is 17.6 Å². The molecule has 1 aliphatic rings. The SMILES string of the molecule is Fc1ccc(-n2cc(N3CCNCC3)c3cc(C(F)(F)F)ccc32)cc1. The standard InChI is InChI=1S/C19H17F4N3/c20-14-2-4-15(5-3-14)26-12-18(25-9-7-24-8-10-25)16-11-13(19(21,22)23)1-6-17(16)26/h1-6,11-12,24H,7-10H2. The van der Waals surface area contributed by atoms with Crippen LogP contribution in [0, 0.1) is 5.82 Å². The Labute approximate surface area is 147 Å². The molecule has 4 rings (SSSR count). The van der Waals surface area contributed by atoms with Crippen molar-refractivity contribution in [2.75, 3.05) is 31.1 Å². The van der Waals surface area contributed by atoms with Gasteiger partial charge in [0.15, 0.2) is 0 Å². The zero-order valence-electron chi connectivity index (χ0n) is 13.9. The molecule has 1 N–H and O–H groups in total. The van der Waals surface area contributed by atoms with Crippen molar-refractivity contribution in [2.24, 2.45) is 0 Å². The molecule has 1 aromatic heterocycles. The lowest BCUT2D eigenvalue weighted by molar-refractivity contribution is -0.137. The second kappa shape index (κ2) is 6.32. The van der Waals surface area contributed by atoms with Crippen LogP contribution in [0.25, 0.3) is 16.6 Å². The Morgan fingerprint density at radius 1 is 0.923 bits per heavy atom. The smallest absolute Gasteiger partial charge is 0.367 e. The van der Waals surface area contributed by atoms with E-state index in [1.54, 1.807) is 12.1 Å². The summed E-state index contributed by atoms with van der Waals surface area (Å²) in [5.74, 6) is -0.355. The van der Waals surface area contributed by atoms with E-state index < -0.39 is 11.7 Å². The van der Waals surface area contributed by atoms with Gasteiger partial charge in [0.05, 0.1) is 16.8 Å². The molecular formula is C19H17F4N3. The summed E-state index contributed by atoms with van der Waals surface area (Å²) in [7, 11) is 0. The number of hydrogen-bond donors (Lipinski definition) is 1. The molecule has 136 valence electrons. The second-order valence-corrected chi connectivity index (χ2v) is 6.33. The lowest BCUT2D eigenvalue weighted by atomic mass is 10.1. The highest BCUT2D eigenvalue weighted by atomic mass is 19.4. The van der Waals surface area contributed by atoms with Crippen LogP contribution in [0.15, 0.2) is 48.7 Å². The Bertz CT molecular complexity index is 922. The number of rotatable bonds is 2. The van der Waals surface area contributed by atoms with Gasteiger partial charge in [0.25, 0.3) is 0 Å². The van der Waals surface area contributed by atoms with Crippen molar-refractivity contribution in [1.29, 1.82) is 0 Å². The lowest BCUT2D eigenvalue weighted by Gasteiger charge is -2.28. The van der Waals surface area contributed by atoms with Gasteiger partial charge in [-0.3, -0.25) is 0 Å². The van der Waals surface area contributed by atoms with Crippen LogP contribution in [0.1, 0.15) is 5.56 Å². The molecular weight excluding hydrogens is 346 g/mol. The zero-order chi connectivity index (χ0) is 18.3. The summed E-state index contributed by atoms with van der Waals surface area (Å²) in [5, 5.41) is 3.79. The van der Waals surface area contributed by atoms with Crippen LogP contribution in [0.4, 0.5) is 23.2 Å². The molecule has 1 saturated heterocycles. The Hall–Kier alpha value is -2.54. The first-order chi connectivity index (χ1) is 12.4. The van der Waals surface area contributed by atoms with Crippen molar-refractivity contribution >= 4 is 16.6 Å². The maximum Gasteiger partial charge on any atom is 0.416 e. The Balaban J connectivity index is 1.91. The molecule has 26 heavy (non-hydrogen) atoms. The number of piperazine rings is 1. The van der Waals surface area contributed by atoms with E-state index in [-0.39, 0.29) is 5.82 Å². The molecule has 7 heteroatoms. The summed E-state index contributed by atoms with van der Waals surface area (Å²) in [6.07, 6.45) is -2.56. The molecule has 0 bridgehead atoms. The zero-order valence-corrected chi connectivity index (χ0v) is 13.9. The molecule has 0 amide bonds. The maximum absolute atomic E-state index is 13.2. The Kier molecular flexibility index (Phi) is 4.11. The number of benzene rings is 2. The number of anilines is 1. The molecule has 0 radical (unpaired) electrons. The molecule has 0 unspecified atom stereocenters. The van der Waals surface area contributed by atoms with E-state index in [0.717, 1.165) is 37.9 Å². The van der Waals surface area contributed by atoms with Gasteiger partial charge in [0.2, 0.25) is 0 Å². The molecule has 2 heterocycles. The summed E-state index contributed by atoms with van der Waals surface area (Å²) in [6, 6.07) is 9.69. The fourth-order valence-electron chi connectivity index (χ4n) is 3.36. The number of alkyl halides is 3. The Morgan fingerprint density at radius 3 is 2.27 bits per heavy atom. The first-order valence-electron chi connectivity index (χ1n) is 8.37. The monoisotopic (exact) mass is 363 g/mol. The van der Waals surface area contributed by atoms with Crippen molar-refractivity contribution in [3.05, 3.63) is 60.0 Å². The van der Waals surface area contributed by atoms with E-state index in [4.69, 9.17) is 0 Å². The molecule has 0 atom stereocenters. The minimum Gasteiger partial charge on any atom is -0.367 e. The Morgan fingerprint density at radius 2 is 1.62 bits per heavy atom. The van der Waals surface area contributed by atoms with Gasteiger partial charge in [-0.05, 0) is 42.5 Å². The van der Waals surface area contributed by atoms with Gasteiger partial charge in [0.1, 0.15) is 5.82 Å². The molecule has 0 saturated carbocycles. The highest BCUT2D eigenvalue weighted by Crippen LogP contribution is 2.37. The third-order valence-electron chi connectivity index (χ3n) is 4.67. The highest BCUT2D eigenvalue weighted by molar-refractivity contribution is 5.95. The average molecular weight is 363 g/mol. The molecule has 0 spiro atoms. The minimum absolute atomic E-state index is 0.355. The van der Waals surface area contributed by atoms with E-state index >= 15 is 0 Å². The molecule has 3 aromatic rings. The van der Waals surface area contributed by atoms with Gasteiger partial charge in [-0.2, -0.15) is 13.2 Å². The molecule has 0 aliphatic carbocycles. The highest BCUT2D eigenvalue weighted by Gasteiger charge is 2.31.